The molecule has 1 aromatic heterocycles. The van der Waals surface area contributed by atoms with Gasteiger partial charge in [-0.3, -0.25) is 4.90 Å². The Labute approximate surface area is 153 Å². The van der Waals surface area contributed by atoms with Gasteiger partial charge in [0.25, 0.3) is 0 Å². The van der Waals surface area contributed by atoms with E-state index in [0.29, 0.717) is 19.1 Å². The van der Waals surface area contributed by atoms with Gasteiger partial charge in [-0.05, 0) is 61.2 Å². The van der Waals surface area contributed by atoms with E-state index in [9.17, 15) is 0 Å². The van der Waals surface area contributed by atoms with Crippen LogP contribution >= 0.6 is 0 Å². The van der Waals surface area contributed by atoms with Crippen LogP contribution in [0.25, 0.3) is 10.9 Å². The smallest absolute Gasteiger partial charge is 0.161 e. The van der Waals surface area contributed by atoms with E-state index >= 15 is 0 Å². The number of aromatic amines is 1. The van der Waals surface area contributed by atoms with Crippen molar-refractivity contribution >= 4 is 10.9 Å². The normalized spacial score (nSPS) is 18.3. The van der Waals surface area contributed by atoms with Crippen molar-refractivity contribution in [3.63, 3.8) is 0 Å². The first kappa shape index (κ1) is 15.8. The highest BCUT2D eigenvalue weighted by atomic mass is 16.6. The Kier molecular flexibility index (Phi) is 4.06. The molecule has 2 aromatic carbocycles. The molecule has 0 aliphatic carbocycles. The van der Waals surface area contributed by atoms with Crippen molar-refractivity contribution in [2.24, 2.45) is 0 Å². The van der Waals surface area contributed by atoms with Gasteiger partial charge in [-0.1, -0.05) is 24.3 Å². The van der Waals surface area contributed by atoms with E-state index in [1.165, 1.54) is 34.9 Å². The second-order valence-electron chi connectivity index (χ2n) is 7.32. The molecule has 2 aliphatic rings. The topological polar surface area (TPSA) is 37.5 Å². The number of likely N-dealkylation sites (tertiary alicyclic amines) is 1. The predicted octanol–water partition coefficient (Wildman–Crippen LogP) is 4.32. The van der Waals surface area contributed by atoms with Gasteiger partial charge >= 0.3 is 0 Å². The zero-order chi connectivity index (χ0) is 17.3. The minimum Gasteiger partial charge on any atom is -0.486 e. The maximum Gasteiger partial charge on any atom is 0.161 e. The maximum absolute atomic E-state index is 5.71. The van der Waals surface area contributed by atoms with E-state index in [-0.39, 0.29) is 0 Å². The summed E-state index contributed by atoms with van der Waals surface area (Å²) in [5.41, 5.74) is 4.04. The number of hydrogen-bond donors (Lipinski definition) is 1. The quantitative estimate of drug-likeness (QED) is 0.766. The second-order valence-corrected chi connectivity index (χ2v) is 7.32. The third-order valence-electron chi connectivity index (χ3n) is 5.66. The zero-order valence-corrected chi connectivity index (χ0v) is 14.9. The summed E-state index contributed by atoms with van der Waals surface area (Å²) in [5, 5.41) is 1.39. The van der Waals surface area contributed by atoms with Crippen LogP contribution in [0.2, 0.25) is 0 Å². The van der Waals surface area contributed by atoms with Crippen LogP contribution < -0.4 is 9.47 Å². The molecule has 3 aromatic rings. The van der Waals surface area contributed by atoms with Crippen LogP contribution in [0.3, 0.4) is 0 Å². The monoisotopic (exact) mass is 348 g/mol. The molecule has 0 spiro atoms. The van der Waals surface area contributed by atoms with Crippen LogP contribution in [0.5, 0.6) is 11.5 Å². The first-order valence-electron chi connectivity index (χ1n) is 9.54. The Morgan fingerprint density at radius 3 is 2.65 bits per heavy atom. The Hall–Kier alpha value is -2.46. The number of aromatic nitrogens is 1. The molecule has 1 saturated heterocycles. The molecule has 1 fully saturated rings. The largest absolute Gasteiger partial charge is 0.486 e. The van der Waals surface area contributed by atoms with Crippen LogP contribution in [0, 0.1) is 0 Å². The van der Waals surface area contributed by atoms with Crippen LogP contribution in [0.15, 0.2) is 48.7 Å². The number of H-pyrrole nitrogens is 1. The molecule has 2 aliphatic heterocycles. The molecule has 134 valence electrons. The van der Waals surface area contributed by atoms with Gasteiger partial charge in [0.2, 0.25) is 0 Å². The highest BCUT2D eigenvalue weighted by Crippen LogP contribution is 2.34. The predicted molar refractivity (Wildman–Crippen MR) is 103 cm³/mol. The Morgan fingerprint density at radius 1 is 0.962 bits per heavy atom. The number of fused-ring (bicyclic) bond motifs is 2. The molecule has 0 atom stereocenters. The van der Waals surface area contributed by atoms with Crippen molar-refractivity contribution in [1.29, 1.82) is 0 Å². The van der Waals surface area contributed by atoms with Gasteiger partial charge in [0.15, 0.2) is 11.5 Å². The number of nitrogens with one attached hydrogen (secondary N) is 1. The fraction of sp³-hybridized carbons (Fsp3) is 0.364. The summed E-state index contributed by atoms with van der Waals surface area (Å²) >= 11 is 0. The first-order chi connectivity index (χ1) is 12.9. The molecule has 0 radical (unpaired) electrons. The van der Waals surface area contributed by atoms with E-state index in [1.54, 1.807) is 0 Å². The zero-order valence-electron chi connectivity index (χ0n) is 14.9. The van der Waals surface area contributed by atoms with Gasteiger partial charge < -0.3 is 14.5 Å². The van der Waals surface area contributed by atoms with Gasteiger partial charge in [0.1, 0.15) is 13.2 Å². The summed E-state index contributed by atoms with van der Waals surface area (Å²) in [6.07, 6.45) is 4.64. The molecule has 1 N–H and O–H groups in total. The van der Waals surface area contributed by atoms with Gasteiger partial charge in [0, 0.05) is 23.6 Å². The van der Waals surface area contributed by atoms with E-state index < -0.39 is 0 Å². The number of rotatable bonds is 3. The fourth-order valence-electron chi connectivity index (χ4n) is 4.28. The van der Waals surface area contributed by atoms with E-state index in [1.807, 2.05) is 6.07 Å². The Bertz CT molecular complexity index is 909. The number of ether oxygens (including phenoxy) is 2. The lowest BCUT2D eigenvalue weighted by atomic mass is 9.89. The van der Waals surface area contributed by atoms with Crippen LogP contribution in [-0.4, -0.2) is 36.2 Å². The molecular weight excluding hydrogens is 324 g/mol. The Morgan fingerprint density at radius 2 is 1.77 bits per heavy atom. The van der Waals surface area contributed by atoms with Crippen molar-refractivity contribution in [3.05, 3.63) is 59.8 Å². The number of para-hydroxylation sites is 1. The van der Waals surface area contributed by atoms with E-state index in [2.05, 4.69) is 52.5 Å². The lowest BCUT2D eigenvalue weighted by Gasteiger charge is -2.32. The van der Waals surface area contributed by atoms with Gasteiger partial charge in [-0.2, -0.15) is 0 Å². The highest BCUT2D eigenvalue weighted by molar-refractivity contribution is 5.83. The van der Waals surface area contributed by atoms with Gasteiger partial charge in [-0.25, -0.2) is 0 Å². The average Bonchev–Trinajstić information content (AvgIpc) is 3.13. The van der Waals surface area contributed by atoms with Crippen molar-refractivity contribution in [1.82, 2.24) is 9.88 Å². The summed E-state index contributed by atoms with van der Waals surface area (Å²) in [6.45, 7) is 4.55. The number of hydrogen-bond acceptors (Lipinski definition) is 3. The van der Waals surface area contributed by atoms with Crippen LogP contribution in [0.4, 0.5) is 0 Å². The molecule has 4 heteroatoms. The van der Waals surface area contributed by atoms with Crippen molar-refractivity contribution in [2.75, 3.05) is 26.3 Å². The lowest BCUT2D eigenvalue weighted by Crippen LogP contribution is -2.32. The second kappa shape index (κ2) is 6.69. The average molecular weight is 348 g/mol. The van der Waals surface area contributed by atoms with Crippen LogP contribution in [-0.2, 0) is 6.54 Å². The summed E-state index contributed by atoms with van der Waals surface area (Å²) in [5.74, 6) is 2.42. The highest BCUT2D eigenvalue weighted by Gasteiger charge is 2.23. The van der Waals surface area contributed by atoms with Crippen LogP contribution in [0.1, 0.15) is 29.9 Å². The molecular formula is C22H24N2O2. The third-order valence-corrected chi connectivity index (χ3v) is 5.66. The fourth-order valence-corrected chi connectivity index (χ4v) is 4.28. The number of benzene rings is 2. The summed E-state index contributed by atoms with van der Waals surface area (Å²) in [6, 6.07) is 15.0. The summed E-state index contributed by atoms with van der Waals surface area (Å²) in [7, 11) is 0. The molecule has 0 bridgehead atoms. The molecule has 0 amide bonds. The molecule has 0 saturated carbocycles. The Balaban J connectivity index is 1.25. The van der Waals surface area contributed by atoms with E-state index in [4.69, 9.17) is 9.47 Å². The maximum atomic E-state index is 5.71. The molecule has 5 rings (SSSR count). The minimum atomic E-state index is 0.645. The SMILES string of the molecule is c1ccc2c(C3CCN(Cc4ccc5c(c4)OCCO5)CC3)c[nH]c2c1. The summed E-state index contributed by atoms with van der Waals surface area (Å²) < 4.78 is 11.3. The third kappa shape index (κ3) is 2.95. The van der Waals surface area contributed by atoms with Gasteiger partial charge in [0.05, 0.1) is 0 Å². The summed E-state index contributed by atoms with van der Waals surface area (Å²) in [4.78, 5) is 5.98. The molecule has 0 unspecified atom stereocenters. The number of nitrogens with zero attached hydrogens (tertiary/aromatic N) is 1. The lowest BCUT2D eigenvalue weighted by molar-refractivity contribution is 0.170. The number of piperidine rings is 1. The van der Waals surface area contributed by atoms with E-state index in [0.717, 1.165) is 31.1 Å². The first-order valence-corrected chi connectivity index (χ1v) is 9.54. The van der Waals surface area contributed by atoms with Crippen molar-refractivity contribution in [2.45, 2.75) is 25.3 Å². The molecule has 3 heterocycles. The van der Waals surface area contributed by atoms with Crippen molar-refractivity contribution in [3.8, 4) is 11.5 Å². The molecule has 26 heavy (non-hydrogen) atoms. The molecule has 4 nitrogen and oxygen atoms in total. The standard InChI is InChI=1S/C22H24N2O2/c1-2-4-20-18(3-1)19(14-23-20)17-7-9-24(10-8-17)15-16-5-6-21-22(13-16)26-12-11-25-21/h1-6,13-14,17,23H,7-12,15H2. The van der Waals surface area contributed by atoms with Crippen molar-refractivity contribution < 1.29 is 9.47 Å². The van der Waals surface area contributed by atoms with Gasteiger partial charge in [-0.15, -0.1) is 0 Å². The minimum absolute atomic E-state index is 0.645.